The summed E-state index contributed by atoms with van der Waals surface area (Å²) in [5.41, 5.74) is 10.5. The zero-order valence-electron chi connectivity index (χ0n) is 11.4. The highest BCUT2D eigenvalue weighted by atomic mass is 35.5. The van der Waals surface area contributed by atoms with Crippen molar-refractivity contribution in [1.82, 2.24) is 4.90 Å². The molecule has 2 rings (SSSR count). The van der Waals surface area contributed by atoms with Crippen LogP contribution in [0.3, 0.4) is 0 Å². The van der Waals surface area contributed by atoms with Crippen LogP contribution in [0, 0.1) is 0 Å². The summed E-state index contributed by atoms with van der Waals surface area (Å²) in [5.74, 6) is 0.882. The first-order chi connectivity index (χ1) is 9.26. The lowest BCUT2D eigenvalue weighted by Gasteiger charge is -2.24. The zero-order chi connectivity index (χ0) is 13.7. The van der Waals surface area contributed by atoms with Gasteiger partial charge in [0.25, 0.3) is 0 Å². The molecule has 19 heavy (non-hydrogen) atoms. The Morgan fingerprint density at radius 3 is 2.79 bits per heavy atom. The van der Waals surface area contributed by atoms with Gasteiger partial charge in [-0.1, -0.05) is 24.9 Å². The van der Waals surface area contributed by atoms with Crippen molar-refractivity contribution in [1.29, 1.82) is 0 Å². The highest BCUT2D eigenvalue weighted by Gasteiger charge is 2.29. The molecular formula is C14H20ClN3O. The van der Waals surface area contributed by atoms with E-state index in [2.05, 4.69) is 16.6 Å². The van der Waals surface area contributed by atoms with E-state index >= 15 is 0 Å². The van der Waals surface area contributed by atoms with Gasteiger partial charge in [-0.25, -0.2) is 0 Å². The van der Waals surface area contributed by atoms with Gasteiger partial charge in [0.15, 0.2) is 0 Å². The third kappa shape index (κ3) is 3.40. The fourth-order valence-electron chi connectivity index (χ4n) is 2.38. The molecule has 0 radical (unpaired) electrons. The summed E-state index contributed by atoms with van der Waals surface area (Å²) in [4.78, 5) is 5.56. The molecular weight excluding hydrogens is 262 g/mol. The van der Waals surface area contributed by atoms with Crippen LogP contribution >= 0.6 is 11.6 Å². The average Bonchev–Trinajstić information content (AvgIpc) is 2.94. The monoisotopic (exact) mass is 281 g/mol. The second kappa shape index (κ2) is 6.78. The van der Waals surface area contributed by atoms with Crippen molar-refractivity contribution in [2.24, 2.45) is 0 Å². The van der Waals surface area contributed by atoms with E-state index in [1.807, 2.05) is 6.08 Å². The molecule has 1 fully saturated rings. The second-order valence-corrected chi connectivity index (χ2v) is 5.33. The van der Waals surface area contributed by atoms with Crippen molar-refractivity contribution in [3.63, 3.8) is 0 Å². The lowest BCUT2D eigenvalue weighted by atomic mass is 10.1. The van der Waals surface area contributed by atoms with E-state index in [0.717, 1.165) is 37.4 Å². The van der Waals surface area contributed by atoms with Gasteiger partial charge in [0.05, 0.1) is 12.3 Å². The SMILES string of the molecule is CCCCOC1=C(N2CCCC2)C=C(Cl)C(=[N+]=[N-])C1. The summed E-state index contributed by atoms with van der Waals surface area (Å²) >= 11 is 6.14. The average molecular weight is 282 g/mol. The van der Waals surface area contributed by atoms with E-state index in [9.17, 15) is 0 Å². The number of allylic oxidation sites excluding steroid dienone is 3. The Morgan fingerprint density at radius 1 is 1.42 bits per heavy atom. The number of ether oxygens (including phenoxy) is 1. The summed E-state index contributed by atoms with van der Waals surface area (Å²) in [5, 5.41) is 0.507. The fraction of sp³-hybridized carbons (Fsp3) is 0.643. The minimum absolute atomic E-state index is 0.474. The lowest BCUT2D eigenvalue weighted by molar-refractivity contribution is -0.00757. The van der Waals surface area contributed by atoms with Crippen molar-refractivity contribution in [2.75, 3.05) is 19.7 Å². The maximum absolute atomic E-state index is 8.97. The molecule has 0 atom stereocenters. The van der Waals surface area contributed by atoms with Crippen LogP contribution in [0.2, 0.25) is 0 Å². The second-order valence-electron chi connectivity index (χ2n) is 4.92. The third-order valence-corrected chi connectivity index (χ3v) is 3.82. The Bertz CT molecular complexity index is 444. The molecule has 1 saturated heterocycles. The van der Waals surface area contributed by atoms with Crippen LogP contribution in [0.15, 0.2) is 22.6 Å². The molecule has 0 spiro atoms. The first-order valence-corrected chi connectivity index (χ1v) is 7.33. The van der Waals surface area contributed by atoms with Crippen LogP contribution in [-0.4, -0.2) is 35.1 Å². The molecule has 104 valence electrons. The Balaban J connectivity index is 2.20. The first-order valence-electron chi connectivity index (χ1n) is 6.95. The predicted molar refractivity (Wildman–Crippen MR) is 75.9 cm³/mol. The van der Waals surface area contributed by atoms with E-state index in [0.29, 0.717) is 23.8 Å². The Labute approximate surface area is 119 Å². The predicted octanol–water partition coefficient (Wildman–Crippen LogP) is 3.31. The fourth-order valence-corrected chi connectivity index (χ4v) is 2.59. The van der Waals surface area contributed by atoms with Crippen molar-refractivity contribution in [3.05, 3.63) is 28.1 Å². The van der Waals surface area contributed by atoms with Crippen LogP contribution in [0.4, 0.5) is 0 Å². The van der Waals surface area contributed by atoms with Crippen LogP contribution in [-0.2, 0) is 4.74 Å². The molecule has 0 aromatic heterocycles. The Kier molecular flexibility index (Phi) is 5.06. The van der Waals surface area contributed by atoms with Crippen LogP contribution in [0.5, 0.6) is 0 Å². The number of nitrogens with zero attached hydrogens (tertiary/aromatic N) is 3. The summed E-state index contributed by atoms with van der Waals surface area (Å²) in [6.07, 6.45) is 6.88. The maximum Gasteiger partial charge on any atom is 0.318 e. The molecule has 0 amide bonds. The van der Waals surface area contributed by atoms with Gasteiger partial charge >= 0.3 is 5.71 Å². The molecule has 0 aromatic rings. The summed E-state index contributed by atoms with van der Waals surface area (Å²) < 4.78 is 5.87. The largest absolute Gasteiger partial charge is 0.495 e. The normalized spacial score (nSPS) is 19.6. The van der Waals surface area contributed by atoms with Crippen molar-refractivity contribution in [3.8, 4) is 0 Å². The smallest absolute Gasteiger partial charge is 0.318 e. The summed E-state index contributed by atoms with van der Waals surface area (Å²) in [6.45, 7) is 4.93. The molecule has 0 aromatic carbocycles. The van der Waals surface area contributed by atoms with Gasteiger partial charge < -0.3 is 15.2 Å². The molecule has 0 bridgehead atoms. The van der Waals surface area contributed by atoms with Crippen molar-refractivity contribution >= 4 is 17.3 Å². The topological polar surface area (TPSA) is 48.9 Å². The molecule has 4 nitrogen and oxygen atoms in total. The van der Waals surface area contributed by atoms with E-state index in [4.69, 9.17) is 21.9 Å². The number of hydrogen-bond donors (Lipinski definition) is 0. The summed E-state index contributed by atoms with van der Waals surface area (Å²) in [7, 11) is 0. The first kappa shape index (κ1) is 14.2. The molecule has 2 aliphatic rings. The van der Waals surface area contributed by atoms with Crippen LogP contribution in [0.1, 0.15) is 39.0 Å². The minimum Gasteiger partial charge on any atom is -0.495 e. The molecule has 1 heterocycles. The highest BCUT2D eigenvalue weighted by Crippen LogP contribution is 2.29. The van der Waals surface area contributed by atoms with E-state index < -0.39 is 0 Å². The number of likely N-dealkylation sites (tertiary alicyclic amines) is 1. The van der Waals surface area contributed by atoms with E-state index in [-0.39, 0.29) is 0 Å². The number of rotatable bonds is 5. The Hall–Kier alpha value is -1.25. The Morgan fingerprint density at radius 2 is 2.16 bits per heavy atom. The molecule has 1 aliphatic carbocycles. The third-order valence-electron chi connectivity index (χ3n) is 3.49. The standard InChI is InChI=1S/C14H20ClN3O/c1-2-3-8-19-14-10-12(17-16)11(15)9-13(14)18-6-4-5-7-18/h9H,2-8,10H2,1H3. The molecule has 0 saturated carbocycles. The van der Waals surface area contributed by atoms with Gasteiger partial charge in [-0.3, -0.25) is 0 Å². The maximum atomic E-state index is 8.97. The molecule has 5 heteroatoms. The molecule has 0 N–H and O–H groups in total. The van der Waals surface area contributed by atoms with Crippen molar-refractivity contribution < 1.29 is 9.53 Å². The zero-order valence-corrected chi connectivity index (χ0v) is 12.1. The lowest BCUT2D eigenvalue weighted by Crippen LogP contribution is -2.24. The summed E-state index contributed by atoms with van der Waals surface area (Å²) in [6, 6.07) is 0. The number of hydrogen-bond acceptors (Lipinski definition) is 2. The number of unbranched alkanes of at least 4 members (excludes halogenated alkanes) is 1. The van der Waals surface area contributed by atoms with Gasteiger partial charge in [0.1, 0.15) is 17.2 Å². The molecule has 1 aliphatic heterocycles. The molecule has 0 unspecified atom stereocenters. The van der Waals surface area contributed by atoms with Gasteiger partial charge in [0, 0.05) is 13.1 Å². The van der Waals surface area contributed by atoms with Crippen molar-refractivity contribution in [2.45, 2.75) is 39.0 Å². The van der Waals surface area contributed by atoms with E-state index in [1.54, 1.807) is 0 Å². The van der Waals surface area contributed by atoms with Gasteiger partial charge in [0.2, 0.25) is 0 Å². The minimum atomic E-state index is 0.474. The van der Waals surface area contributed by atoms with Crippen LogP contribution in [0.25, 0.3) is 5.53 Å². The van der Waals surface area contributed by atoms with Gasteiger partial charge in [-0.2, -0.15) is 4.79 Å². The number of halogens is 1. The van der Waals surface area contributed by atoms with Gasteiger partial charge in [-0.15, -0.1) is 0 Å². The highest BCUT2D eigenvalue weighted by molar-refractivity contribution is 6.43. The quantitative estimate of drug-likeness (QED) is 0.441. The van der Waals surface area contributed by atoms with Crippen LogP contribution < -0.4 is 0 Å². The van der Waals surface area contributed by atoms with Gasteiger partial charge in [-0.05, 0) is 25.3 Å². The van der Waals surface area contributed by atoms with E-state index in [1.165, 1.54) is 12.8 Å².